The second-order valence-electron chi connectivity index (χ2n) is 3.60. The van der Waals surface area contributed by atoms with Crippen LogP contribution in [0.15, 0.2) is 17.3 Å². The summed E-state index contributed by atoms with van der Waals surface area (Å²) >= 11 is 1.22. The van der Waals surface area contributed by atoms with Gasteiger partial charge in [0.2, 0.25) is 0 Å². The Balaban J connectivity index is 3.04. The Hall–Kier alpha value is -1.14. The van der Waals surface area contributed by atoms with Gasteiger partial charge >= 0.3 is 5.69 Å². The summed E-state index contributed by atoms with van der Waals surface area (Å²) in [6, 6.07) is 1.61. The number of nitrogens with zero attached hydrogens (tertiary/aromatic N) is 2. The molecule has 0 bridgehead atoms. The molecule has 0 saturated carbocycles. The predicted molar refractivity (Wildman–Crippen MR) is 62.6 cm³/mol. The molecule has 2 unspecified atom stereocenters. The summed E-state index contributed by atoms with van der Waals surface area (Å²) in [6.45, 7) is 5.14. The van der Waals surface area contributed by atoms with E-state index in [0.717, 1.165) is 0 Å². The second kappa shape index (κ2) is 5.27. The van der Waals surface area contributed by atoms with Crippen molar-refractivity contribution in [2.75, 3.05) is 0 Å². The van der Waals surface area contributed by atoms with Gasteiger partial charge in [-0.15, -0.1) is 0 Å². The minimum atomic E-state index is -0.535. The first-order valence-corrected chi connectivity index (χ1v) is 5.76. The molecule has 1 heterocycles. The lowest BCUT2D eigenvalue weighted by molar-refractivity contribution is -0.388. The average molecular weight is 242 g/mol. The van der Waals surface area contributed by atoms with Crippen molar-refractivity contribution in [1.29, 1.82) is 0 Å². The summed E-state index contributed by atoms with van der Waals surface area (Å²) in [7, 11) is 0. The molecular formula is C10H14N2O3S. The second-order valence-corrected chi connectivity index (χ2v) is 4.97. The lowest BCUT2D eigenvalue weighted by Gasteiger charge is -2.13. The molecule has 2 atom stereocenters. The molecule has 0 aliphatic rings. The zero-order valence-electron chi connectivity index (χ0n) is 9.38. The van der Waals surface area contributed by atoms with E-state index in [2.05, 4.69) is 4.98 Å². The van der Waals surface area contributed by atoms with Gasteiger partial charge in [-0.1, -0.05) is 18.7 Å². The van der Waals surface area contributed by atoms with E-state index in [1.165, 1.54) is 11.8 Å². The van der Waals surface area contributed by atoms with Crippen LogP contribution in [0, 0.1) is 17.0 Å². The van der Waals surface area contributed by atoms with Crippen LogP contribution in [0.3, 0.4) is 0 Å². The van der Waals surface area contributed by atoms with Crippen LogP contribution in [0.4, 0.5) is 5.69 Å². The van der Waals surface area contributed by atoms with E-state index >= 15 is 0 Å². The van der Waals surface area contributed by atoms with Crippen LogP contribution in [-0.4, -0.2) is 26.4 Å². The van der Waals surface area contributed by atoms with E-state index in [-0.39, 0.29) is 10.9 Å². The molecule has 5 nitrogen and oxygen atoms in total. The number of thioether (sulfide) groups is 1. The first-order chi connectivity index (χ1) is 7.43. The van der Waals surface area contributed by atoms with Gasteiger partial charge in [-0.05, 0) is 19.9 Å². The van der Waals surface area contributed by atoms with Crippen LogP contribution in [0.1, 0.15) is 19.4 Å². The molecule has 1 aromatic rings. The molecule has 0 aromatic carbocycles. The number of nitro groups is 1. The topological polar surface area (TPSA) is 76.3 Å². The van der Waals surface area contributed by atoms with E-state index in [9.17, 15) is 15.2 Å². The van der Waals surface area contributed by atoms with Crippen LogP contribution in [0.2, 0.25) is 0 Å². The number of hydrogen-bond acceptors (Lipinski definition) is 5. The summed E-state index contributed by atoms with van der Waals surface area (Å²) in [5.41, 5.74) is 0.611. The van der Waals surface area contributed by atoms with Gasteiger partial charge in [0.15, 0.2) is 5.03 Å². The summed E-state index contributed by atoms with van der Waals surface area (Å²) in [6.07, 6.45) is 1.01. The van der Waals surface area contributed by atoms with Crippen molar-refractivity contribution in [2.45, 2.75) is 37.2 Å². The summed E-state index contributed by atoms with van der Waals surface area (Å²) < 4.78 is 0. The first-order valence-electron chi connectivity index (χ1n) is 4.88. The molecule has 0 saturated heterocycles. The fourth-order valence-corrected chi connectivity index (χ4v) is 2.13. The maximum atomic E-state index is 10.9. The van der Waals surface area contributed by atoms with E-state index < -0.39 is 11.0 Å². The Morgan fingerprint density at radius 1 is 1.56 bits per heavy atom. The largest absolute Gasteiger partial charge is 0.392 e. The van der Waals surface area contributed by atoms with Crippen molar-refractivity contribution in [3.05, 3.63) is 27.9 Å². The van der Waals surface area contributed by atoms with Crippen molar-refractivity contribution in [2.24, 2.45) is 0 Å². The van der Waals surface area contributed by atoms with E-state index in [0.29, 0.717) is 10.6 Å². The van der Waals surface area contributed by atoms with Crippen LogP contribution < -0.4 is 0 Å². The van der Waals surface area contributed by atoms with Gasteiger partial charge in [0.05, 0.1) is 11.0 Å². The number of aliphatic hydroxyl groups excluding tert-OH is 1. The van der Waals surface area contributed by atoms with Crippen molar-refractivity contribution >= 4 is 17.4 Å². The van der Waals surface area contributed by atoms with Gasteiger partial charge in [0, 0.05) is 17.0 Å². The lowest BCUT2D eigenvalue weighted by atomic mass is 10.3. The molecule has 0 amide bonds. The monoisotopic (exact) mass is 242 g/mol. The highest BCUT2D eigenvalue weighted by Gasteiger charge is 2.22. The number of aromatic nitrogens is 1. The molecule has 1 rings (SSSR count). The molecule has 1 N–H and O–H groups in total. The van der Waals surface area contributed by atoms with Crippen LogP contribution in [0.25, 0.3) is 0 Å². The summed E-state index contributed by atoms with van der Waals surface area (Å²) in [5.74, 6) is 0. The number of aryl methyl sites for hydroxylation is 1. The molecule has 88 valence electrons. The van der Waals surface area contributed by atoms with Crippen molar-refractivity contribution in [3.8, 4) is 0 Å². The third-order valence-electron chi connectivity index (χ3n) is 2.25. The maximum absolute atomic E-state index is 10.9. The molecule has 6 heteroatoms. The van der Waals surface area contributed by atoms with Crippen molar-refractivity contribution in [3.63, 3.8) is 0 Å². The normalized spacial score (nSPS) is 14.5. The first kappa shape index (κ1) is 12.9. The molecule has 0 radical (unpaired) electrons. The summed E-state index contributed by atoms with van der Waals surface area (Å²) in [5, 5.41) is 20.5. The van der Waals surface area contributed by atoms with Gasteiger partial charge in [-0.2, -0.15) is 0 Å². The number of hydrogen-bond donors (Lipinski definition) is 1. The number of rotatable bonds is 4. The van der Waals surface area contributed by atoms with Crippen LogP contribution in [0.5, 0.6) is 0 Å². The minimum Gasteiger partial charge on any atom is -0.392 e. The zero-order valence-corrected chi connectivity index (χ0v) is 10.2. The Morgan fingerprint density at radius 3 is 2.69 bits per heavy atom. The fraction of sp³-hybridized carbons (Fsp3) is 0.500. The Kier molecular flexibility index (Phi) is 4.26. The Bertz CT molecular complexity index is 396. The zero-order chi connectivity index (χ0) is 12.3. The van der Waals surface area contributed by atoms with Gasteiger partial charge in [-0.25, -0.2) is 4.98 Å². The molecule has 16 heavy (non-hydrogen) atoms. The van der Waals surface area contributed by atoms with Crippen LogP contribution in [-0.2, 0) is 0 Å². The number of aliphatic hydroxyl groups is 1. The maximum Gasteiger partial charge on any atom is 0.304 e. The SMILES string of the molecule is Cc1ccnc(SC(C)C(C)O)c1[N+](=O)[O-]. The van der Waals surface area contributed by atoms with Gasteiger partial charge in [0.25, 0.3) is 0 Å². The standard InChI is InChI=1S/C10H14N2O3S/c1-6-4-5-11-10(9(6)12(14)15)16-8(3)7(2)13/h4-5,7-8,13H,1-3H3. The highest BCUT2D eigenvalue weighted by Crippen LogP contribution is 2.33. The predicted octanol–water partition coefficient (Wildman–Crippen LogP) is 2.16. The summed E-state index contributed by atoms with van der Waals surface area (Å²) in [4.78, 5) is 14.4. The third-order valence-corrected chi connectivity index (χ3v) is 3.54. The van der Waals surface area contributed by atoms with E-state index in [1.807, 2.05) is 6.92 Å². The third kappa shape index (κ3) is 2.93. The molecule has 0 fully saturated rings. The molecule has 0 aliphatic carbocycles. The van der Waals surface area contributed by atoms with Gasteiger partial charge in [0.1, 0.15) is 0 Å². The van der Waals surface area contributed by atoms with Gasteiger partial charge in [-0.3, -0.25) is 10.1 Å². The van der Waals surface area contributed by atoms with Gasteiger partial charge < -0.3 is 5.11 Å². The average Bonchev–Trinajstić information content (AvgIpc) is 2.16. The number of pyridine rings is 1. The van der Waals surface area contributed by atoms with Crippen LogP contribution >= 0.6 is 11.8 Å². The molecule has 1 aromatic heterocycles. The molecule has 0 spiro atoms. The highest BCUT2D eigenvalue weighted by atomic mass is 32.2. The molecular weight excluding hydrogens is 228 g/mol. The molecule has 0 aliphatic heterocycles. The Labute approximate surface area is 98.0 Å². The highest BCUT2D eigenvalue weighted by molar-refractivity contribution is 8.00. The van der Waals surface area contributed by atoms with E-state index in [1.54, 1.807) is 26.1 Å². The fourth-order valence-electron chi connectivity index (χ4n) is 1.11. The quantitative estimate of drug-likeness (QED) is 0.497. The van der Waals surface area contributed by atoms with E-state index in [4.69, 9.17) is 0 Å². The van der Waals surface area contributed by atoms with Crippen molar-refractivity contribution in [1.82, 2.24) is 4.98 Å². The lowest BCUT2D eigenvalue weighted by Crippen LogP contribution is -2.15. The van der Waals surface area contributed by atoms with Crippen molar-refractivity contribution < 1.29 is 10.0 Å². The Morgan fingerprint density at radius 2 is 2.19 bits per heavy atom. The smallest absolute Gasteiger partial charge is 0.304 e. The minimum absolute atomic E-state index is 0.0278.